The molecule has 0 radical (unpaired) electrons. The van der Waals surface area contributed by atoms with Crippen LogP contribution in [0.2, 0.25) is 0 Å². The molecule has 0 amide bonds. The van der Waals surface area contributed by atoms with Crippen LogP contribution >= 0.6 is 0 Å². The summed E-state index contributed by atoms with van der Waals surface area (Å²) in [7, 11) is 0. The first-order valence-electron chi connectivity index (χ1n) is 6.29. The van der Waals surface area contributed by atoms with Gasteiger partial charge in [-0.05, 0) is 43.0 Å². The molecule has 2 rings (SSSR count). The molecule has 90 valence electrons. The number of hydrogen-bond donors (Lipinski definition) is 0. The minimum Gasteiger partial charge on any atom is -0.345 e. The molecule has 0 aliphatic heterocycles. The highest BCUT2D eigenvalue weighted by atomic mass is 15.0. The summed E-state index contributed by atoms with van der Waals surface area (Å²) < 4.78 is 2.35. The van der Waals surface area contributed by atoms with Crippen LogP contribution in [0, 0.1) is 13.8 Å². The quantitative estimate of drug-likeness (QED) is 0.737. The second-order valence-corrected chi connectivity index (χ2v) is 5.10. The van der Waals surface area contributed by atoms with Crippen molar-refractivity contribution in [2.45, 2.75) is 40.2 Å². The largest absolute Gasteiger partial charge is 0.345 e. The lowest BCUT2D eigenvalue weighted by atomic mass is 10.0. The van der Waals surface area contributed by atoms with Crippen molar-refractivity contribution in [3.63, 3.8) is 0 Å². The minimum atomic E-state index is 0.610. The van der Waals surface area contributed by atoms with Crippen LogP contribution in [0.4, 0.5) is 0 Å². The average molecular weight is 227 g/mol. The Bertz CT molecular complexity index is 469. The molecule has 1 aromatic heterocycles. The minimum absolute atomic E-state index is 0.610. The van der Waals surface area contributed by atoms with Gasteiger partial charge in [-0.2, -0.15) is 0 Å². The van der Waals surface area contributed by atoms with E-state index in [-0.39, 0.29) is 0 Å². The molecule has 0 saturated carbocycles. The number of aromatic nitrogens is 1. The number of rotatable bonds is 3. The smallest absolute Gasteiger partial charge is 0.0475 e. The van der Waals surface area contributed by atoms with E-state index in [1.54, 1.807) is 0 Å². The number of nitrogens with zero attached hydrogens (tertiary/aromatic N) is 1. The summed E-state index contributed by atoms with van der Waals surface area (Å²) in [4.78, 5) is 0. The van der Waals surface area contributed by atoms with Crippen molar-refractivity contribution in [3.05, 3.63) is 58.9 Å². The monoisotopic (exact) mass is 227 g/mol. The van der Waals surface area contributed by atoms with Gasteiger partial charge in [0.15, 0.2) is 0 Å². The molecule has 0 aliphatic rings. The van der Waals surface area contributed by atoms with E-state index in [9.17, 15) is 0 Å². The third-order valence-corrected chi connectivity index (χ3v) is 3.40. The Hall–Kier alpha value is -1.50. The van der Waals surface area contributed by atoms with Gasteiger partial charge < -0.3 is 4.57 Å². The zero-order valence-corrected chi connectivity index (χ0v) is 11.2. The summed E-state index contributed by atoms with van der Waals surface area (Å²) in [6, 6.07) is 13.3. The van der Waals surface area contributed by atoms with Crippen LogP contribution in [0.15, 0.2) is 36.4 Å². The van der Waals surface area contributed by atoms with Gasteiger partial charge in [0.25, 0.3) is 0 Å². The second kappa shape index (κ2) is 4.79. The fourth-order valence-corrected chi connectivity index (χ4v) is 2.14. The Morgan fingerprint density at radius 1 is 0.882 bits per heavy atom. The van der Waals surface area contributed by atoms with Crippen LogP contribution in [0.1, 0.15) is 42.3 Å². The normalized spacial score (nSPS) is 11.1. The fourth-order valence-electron chi connectivity index (χ4n) is 2.14. The van der Waals surface area contributed by atoms with Gasteiger partial charge in [-0.1, -0.05) is 38.1 Å². The van der Waals surface area contributed by atoms with Crippen LogP contribution in [-0.4, -0.2) is 4.57 Å². The van der Waals surface area contributed by atoms with Gasteiger partial charge >= 0.3 is 0 Å². The van der Waals surface area contributed by atoms with Crippen molar-refractivity contribution in [1.29, 1.82) is 0 Å². The zero-order valence-electron chi connectivity index (χ0n) is 11.2. The van der Waals surface area contributed by atoms with E-state index < -0.39 is 0 Å². The first-order valence-corrected chi connectivity index (χ1v) is 6.29. The first kappa shape index (κ1) is 12.0. The Morgan fingerprint density at radius 3 is 1.88 bits per heavy atom. The van der Waals surface area contributed by atoms with Crippen molar-refractivity contribution >= 4 is 0 Å². The Balaban J connectivity index is 2.19. The van der Waals surface area contributed by atoms with Crippen molar-refractivity contribution in [3.8, 4) is 0 Å². The van der Waals surface area contributed by atoms with Crippen molar-refractivity contribution < 1.29 is 0 Å². The standard InChI is InChI=1S/C16H21N/c1-12(2)16-9-7-15(8-10-16)11-17-13(3)5-6-14(17)4/h5-10,12H,11H2,1-4H3. The molecule has 1 heteroatoms. The molecule has 17 heavy (non-hydrogen) atoms. The van der Waals surface area contributed by atoms with E-state index in [2.05, 4.69) is 68.7 Å². The summed E-state index contributed by atoms with van der Waals surface area (Å²) in [6.07, 6.45) is 0. The van der Waals surface area contributed by atoms with Gasteiger partial charge in [0.2, 0.25) is 0 Å². The summed E-state index contributed by atoms with van der Waals surface area (Å²) in [5.74, 6) is 0.610. The van der Waals surface area contributed by atoms with E-state index in [1.165, 1.54) is 22.5 Å². The topological polar surface area (TPSA) is 4.93 Å². The SMILES string of the molecule is Cc1ccc(C)n1Cc1ccc(C(C)C)cc1. The lowest BCUT2D eigenvalue weighted by molar-refractivity contribution is 0.748. The van der Waals surface area contributed by atoms with Gasteiger partial charge in [-0.3, -0.25) is 0 Å². The highest BCUT2D eigenvalue weighted by molar-refractivity contribution is 5.26. The van der Waals surface area contributed by atoms with E-state index in [0.717, 1.165) is 6.54 Å². The van der Waals surface area contributed by atoms with Crippen LogP contribution in [0.3, 0.4) is 0 Å². The Labute approximate surface area is 104 Å². The molecule has 0 N–H and O–H groups in total. The molecular weight excluding hydrogens is 206 g/mol. The van der Waals surface area contributed by atoms with Crippen molar-refractivity contribution in [2.24, 2.45) is 0 Å². The Morgan fingerprint density at radius 2 is 1.41 bits per heavy atom. The zero-order chi connectivity index (χ0) is 12.4. The molecule has 0 fully saturated rings. The van der Waals surface area contributed by atoms with Crippen LogP contribution in [0.25, 0.3) is 0 Å². The highest BCUT2D eigenvalue weighted by Crippen LogP contribution is 2.16. The van der Waals surface area contributed by atoms with Crippen LogP contribution in [0.5, 0.6) is 0 Å². The van der Waals surface area contributed by atoms with E-state index >= 15 is 0 Å². The molecule has 2 aromatic rings. The molecule has 1 aromatic carbocycles. The van der Waals surface area contributed by atoms with Crippen LogP contribution in [-0.2, 0) is 6.54 Å². The molecule has 0 saturated heterocycles. The van der Waals surface area contributed by atoms with Gasteiger partial charge in [0.05, 0.1) is 0 Å². The van der Waals surface area contributed by atoms with Crippen molar-refractivity contribution in [1.82, 2.24) is 4.57 Å². The summed E-state index contributed by atoms with van der Waals surface area (Å²) in [5.41, 5.74) is 5.44. The maximum atomic E-state index is 2.35. The van der Waals surface area contributed by atoms with E-state index in [0.29, 0.717) is 5.92 Å². The molecular formula is C16H21N. The molecule has 0 unspecified atom stereocenters. The maximum absolute atomic E-state index is 2.35. The third kappa shape index (κ3) is 2.60. The lowest BCUT2D eigenvalue weighted by Crippen LogP contribution is -2.03. The van der Waals surface area contributed by atoms with Gasteiger partial charge in [0, 0.05) is 17.9 Å². The predicted molar refractivity (Wildman–Crippen MR) is 73.5 cm³/mol. The molecule has 1 nitrogen and oxygen atoms in total. The molecule has 0 bridgehead atoms. The average Bonchev–Trinajstić information content (AvgIpc) is 2.61. The van der Waals surface area contributed by atoms with Gasteiger partial charge in [-0.25, -0.2) is 0 Å². The van der Waals surface area contributed by atoms with Crippen molar-refractivity contribution in [2.75, 3.05) is 0 Å². The summed E-state index contributed by atoms with van der Waals surface area (Å²) in [5, 5.41) is 0. The molecule has 1 heterocycles. The summed E-state index contributed by atoms with van der Waals surface area (Å²) in [6.45, 7) is 9.76. The maximum Gasteiger partial charge on any atom is 0.0475 e. The summed E-state index contributed by atoms with van der Waals surface area (Å²) >= 11 is 0. The molecule has 0 aliphatic carbocycles. The molecule has 0 spiro atoms. The first-order chi connectivity index (χ1) is 8.08. The predicted octanol–water partition coefficient (Wildman–Crippen LogP) is 4.28. The second-order valence-electron chi connectivity index (χ2n) is 5.10. The van der Waals surface area contributed by atoms with Gasteiger partial charge in [-0.15, -0.1) is 0 Å². The molecule has 0 atom stereocenters. The number of hydrogen-bond acceptors (Lipinski definition) is 0. The fraction of sp³-hybridized carbons (Fsp3) is 0.375. The number of benzene rings is 1. The van der Waals surface area contributed by atoms with E-state index in [4.69, 9.17) is 0 Å². The Kier molecular flexibility index (Phi) is 3.37. The van der Waals surface area contributed by atoms with Gasteiger partial charge in [0.1, 0.15) is 0 Å². The van der Waals surface area contributed by atoms with Crippen LogP contribution < -0.4 is 0 Å². The highest BCUT2D eigenvalue weighted by Gasteiger charge is 2.03. The third-order valence-electron chi connectivity index (χ3n) is 3.40. The van der Waals surface area contributed by atoms with E-state index in [1.807, 2.05) is 0 Å². The number of aryl methyl sites for hydroxylation is 2. The lowest BCUT2D eigenvalue weighted by Gasteiger charge is -2.11.